The summed E-state index contributed by atoms with van der Waals surface area (Å²) < 4.78 is 11.5. The van der Waals surface area contributed by atoms with E-state index < -0.39 is 0 Å². The first-order valence-corrected chi connectivity index (χ1v) is 10.4. The molecule has 3 rings (SSSR count). The van der Waals surface area contributed by atoms with Gasteiger partial charge in [0, 0.05) is 36.2 Å². The smallest absolute Gasteiger partial charge is 0.119 e. The van der Waals surface area contributed by atoms with Crippen molar-refractivity contribution >= 4 is 22.9 Å². The summed E-state index contributed by atoms with van der Waals surface area (Å²) in [5, 5.41) is 1.31. The van der Waals surface area contributed by atoms with E-state index in [4.69, 9.17) is 4.74 Å². The van der Waals surface area contributed by atoms with E-state index in [0.29, 0.717) is 0 Å². The van der Waals surface area contributed by atoms with E-state index in [0.717, 1.165) is 44.8 Å². The second-order valence-corrected chi connectivity index (χ2v) is 7.86. The van der Waals surface area contributed by atoms with Gasteiger partial charge in [0.25, 0.3) is 0 Å². The molecular weight excluding hydrogens is 354 g/mol. The zero-order chi connectivity index (χ0) is 18.9. The average Bonchev–Trinajstić information content (AvgIpc) is 3.09. The fourth-order valence-corrected chi connectivity index (χ4v) is 3.65. The molecule has 5 heteroatoms. The molecule has 0 bridgehead atoms. The van der Waals surface area contributed by atoms with Crippen molar-refractivity contribution in [2.45, 2.75) is 24.3 Å². The summed E-state index contributed by atoms with van der Waals surface area (Å²) in [6, 6.07) is 19.0. The molecule has 0 radical (unpaired) electrons. The van der Waals surface area contributed by atoms with Gasteiger partial charge in [0.15, 0.2) is 0 Å². The highest BCUT2D eigenvalue weighted by atomic mass is 32.2. The van der Waals surface area contributed by atoms with Gasteiger partial charge in [-0.3, -0.25) is 4.72 Å². The fraction of sp³-hybridized carbons (Fsp3) is 0.364. The van der Waals surface area contributed by atoms with E-state index in [1.54, 1.807) is 11.9 Å². The minimum atomic E-state index is 0.761. The molecule has 0 fully saturated rings. The minimum Gasteiger partial charge on any atom is -0.494 e. The number of aryl methyl sites for hydroxylation is 1. The molecule has 144 valence electrons. The SMILES string of the molecule is CN(C)CCCOc1ccc(SNCCCn2ccc3ccccc32)cc1. The standard InChI is InChI=1S/C22H29N3OS/c1-24(2)15-6-18-26-20-9-11-21(12-10-20)27-23-14-5-16-25-17-13-19-7-3-4-8-22(19)25/h3-4,7-13,17,23H,5-6,14-16,18H2,1-2H3. The molecule has 1 aromatic heterocycles. The summed E-state index contributed by atoms with van der Waals surface area (Å²) in [5.41, 5.74) is 1.31. The highest BCUT2D eigenvalue weighted by Gasteiger charge is 2.00. The molecule has 0 unspecified atom stereocenters. The molecule has 0 aliphatic carbocycles. The zero-order valence-electron chi connectivity index (χ0n) is 16.2. The van der Waals surface area contributed by atoms with Crippen molar-refractivity contribution in [3.63, 3.8) is 0 Å². The lowest BCUT2D eigenvalue weighted by Crippen LogP contribution is -2.15. The van der Waals surface area contributed by atoms with Gasteiger partial charge in [-0.1, -0.05) is 18.2 Å². The minimum absolute atomic E-state index is 0.761. The molecule has 1 N–H and O–H groups in total. The summed E-state index contributed by atoms with van der Waals surface area (Å²) in [4.78, 5) is 3.38. The molecule has 0 saturated carbocycles. The van der Waals surface area contributed by atoms with E-state index in [9.17, 15) is 0 Å². The Hall–Kier alpha value is -1.95. The molecule has 0 aliphatic rings. The summed E-state index contributed by atoms with van der Waals surface area (Å²) in [5.74, 6) is 0.942. The maximum Gasteiger partial charge on any atom is 0.119 e. The van der Waals surface area contributed by atoms with Gasteiger partial charge in [-0.2, -0.15) is 0 Å². The molecular formula is C22H29N3OS. The van der Waals surface area contributed by atoms with Gasteiger partial charge < -0.3 is 14.2 Å². The van der Waals surface area contributed by atoms with E-state index >= 15 is 0 Å². The monoisotopic (exact) mass is 383 g/mol. The van der Waals surface area contributed by atoms with Crippen LogP contribution < -0.4 is 9.46 Å². The number of rotatable bonds is 11. The lowest BCUT2D eigenvalue weighted by atomic mass is 10.2. The van der Waals surface area contributed by atoms with Gasteiger partial charge in [0.2, 0.25) is 0 Å². The van der Waals surface area contributed by atoms with E-state index in [1.165, 1.54) is 15.8 Å². The summed E-state index contributed by atoms with van der Waals surface area (Å²) in [7, 11) is 4.17. The maximum absolute atomic E-state index is 5.77. The number of nitrogens with one attached hydrogen (secondary N) is 1. The highest BCUT2D eigenvalue weighted by Crippen LogP contribution is 2.19. The van der Waals surface area contributed by atoms with Crippen molar-refractivity contribution in [3.05, 3.63) is 60.8 Å². The Morgan fingerprint density at radius 1 is 1.00 bits per heavy atom. The van der Waals surface area contributed by atoms with Crippen LogP contribution in [0.25, 0.3) is 10.9 Å². The van der Waals surface area contributed by atoms with Crippen LogP contribution in [0.2, 0.25) is 0 Å². The van der Waals surface area contributed by atoms with Crippen LogP contribution in [0.1, 0.15) is 12.8 Å². The number of aromatic nitrogens is 1. The van der Waals surface area contributed by atoms with Crippen molar-refractivity contribution in [2.24, 2.45) is 0 Å². The third kappa shape index (κ3) is 6.31. The Labute approximate surface area is 166 Å². The largest absolute Gasteiger partial charge is 0.494 e. The molecule has 2 aromatic carbocycles. The maximum atomic E-state index is 5.77. The molecule has 0 amide bonds. The van der Waals surface area contributed by atoms with Gasteiger partial charge in [0.1, 0.15) is 5.75 Å². The second kappa shape index (κ2) is 10.4. The van der Waals surface area contributed by atoms with Crippen molar-refractivity contribution in [3.8, 4) is 5.75 Å². The second-order valence-electron chi connectivity index (χ2n) is 6.89. The lowest BCUT2D eigenvalue weighted by molar-refractivity contribution is 0.281. The number of para-hydroxylation sites is 1. The molecule has 27 heavy (non-hydrogen) atoms. The lowest BCUT2D eigenvalue weighted by Gasteiger charge is -2.11. The Morgan fingerprint density at radius 3 is 2.63 bits per heavy atom. The first kappa shape index (κ1) is 19.8. The van der Waals surface area contributed by atoms with Crippen LogP contribution >= 0.6 is 11.9 Å². The Balaban J connectivity index is 1.33. The predicted molar refractivity (Wildman–Crippen MR) is 116 cm³/mol. The van der Waals surface area contributed by atoms with Gasteiger partial charge >= 0.3 is 0 Å². The van der Waals surface area contributed by atoms with Crippen molar-refractivity contribution in [1.29, 1.82) is 0 Å². The van der Waals surface area contributed by atoms with Crippen molar-refractivity contribution in [2.75, 3.05) is 33.8 Å². The van der Waals surface area contributed by atoms with E-state index in [1.807, 2.05) is 12.1 Å². The Kier molecular flexibility index (Phi) is 7.63. The number of benzene rings is 2. The van der Waals surface area contributed by atoms with Crippen LogP contribution in [-0.2, 0) is 6.54 Å². The van der Waals surface area contributed by atoms with Gasteiger partial charge in [-0.05, 0) is 80.7 Å². The number of hydrogen-bond acceptors (Lipinski definition) is 4. The molecule has 4 nitrogen and oxygen atoms in total. The van der Waals surface area contributed by atoms with E-state index in [-0.39, 0.29) is 0 Å². The summed E-state index contributed by atoms with van der Waals surface area (Å²) in [6.07, 6.45) is 4.32. The first-order valence-electron chi connectivity index (χ1n) is 9.53. The molecule has 0 atom stereocenters. The Morgan fingerprint density at radius 2 is 1.81 bits per heavy atom. The summed E-state index contributed by atoms with van der Waals surface area (Å²) in [6.45, 7) is 3.81. The van der Waals surface area contributed by atoms with Crippen LogP contribution in [0.3, 0.4) is 0 Å². The molecule has 0 aliphatic heterocycles. The number of hydrogen-bond donors (Lipinski definition) is 1. The zero-order valence-corrected chi connectivity index (χ0v) is 17.0. The van der Waals surface area contributed by atoms with Crippen LogP contribution in [0.5, 0.6) is 5.75 Å². The van der Waals surface area contributed by atoms with E-state index in [2.05, 4.69) is 76.9 Å². The number of nitrogens with zero attached hydrogens (tertiary/aromatic N) is 2. The van der Waals surface area contributed by atoms with Crippen LogP contribution in [0.15, 0.2) is 65.7 Å². The highest BCUT2D eigenvalue weighted by molar-refractivity contribution is 7.97. The van der Waals surface area contributed by atoms with Crippen LogP contribution in [-0.4, -0.2) is 43.3 Å². The average molecular weight is 384 g/mol. The first-order chi connectivity index (χ1) is 13.2. The van der Waals surface area contributed by atoms with Gasteiger partial charge in [-0.25, -0.2) is 0 Å². The van der Waals surface area contributed by atoms with Crippen LogP contribution in [0.4, 0.5) is 0 Å². The quantitative estimate of drug-likeness (QED) is 0.385. The molecule has 3 aromatic rings. The normalized spacial score (nSPS) is 11.4. The van der Waals surface area contributed by atoms with Crippen molar-refractivity contribution in [1.82, 2.24) is 14.2 Å². The number of fused-ring (bicyclic) bond motifs is 1. The molecule has 0 saturated heterocycles. The molecule has 0 spiro atoms. The Bertz CT molecular complexity index is 814. The fourth-order valence-electron chi connectivity index (χ4n) is 2.97. The van der Waals surface area contributed by atoms with Crippen molar-refractivity contribution < 1.29 is 4.74 Å². The van der Waals surface area contributed by atoms with Gasteiger partial charge in [0.05, 0.1) is 6.61 Å². The summed E-state index contributed by atoms with van der Waals surface area (Å²) >= 11 is 1.68. The molecule has 1 heterocycles. The van der Waals surface area contributed by atoms with Gasteiger partial charge in [-0.15, -0.1) is 0 Å². The number of ether oxygens (including phenoxy) is 1. The third-order valence-electron chi connectivity index (χ3n) is 4.39. The topological polar surface area (TPSA) is 29.4 Å². The predicted octanol–water partition coefficient (Wildman–Crippen LogP) is 4.66. The van der Waals surface area contributed by atoms with Crippen LogP contribution in [0, 0.1) is 0 Å². The third-order valence-corrected chi connectivity index (χ3v) is 5.25.